The van der Waals surface area contributed by atoms with Crippen LogP contribution in [-0.2, 0) is 11.3 Å². The van der Waals surface area contributed by atoms with Crippen molar-refractivity contribution in [2.75, 3.05) is 18.0 Å². The van der Waals surface area contributed by atoms with Gasteiger partial charge in [-0.05, 0) is 24.3 Å². The number of halogens is 4. The molecule has 0 bridgehead atoms. The zero-order chi connectivity index (χ0) is 20.3. The van der Waals surface area contributed by atoms with Crippen molar-refractivity contribution in [3.05, 3.63) is 59.9 Å². The summed E-state index contributed by atoms with van der Waals surface area (Å²) < 4.78 is 55.8. The van der Waals surface area contributed by atoms with Crippen molar-refractivity contribution < 1.29 is 22.4 Å². The van der Waals surface area contributed by atoms with Gasteiger partial charge in [-0.25, -0.2) is 22.5 Å². The summed E-state index contributed by atoms with van der Waals surface area (Å²) in [4.78, 5) is 18.2. The zero-order valence-corrected chi connectivity index (χ0v) is 15.1. The minimum Gasteiger partial charge on any atom is -0.368 e. The molecule has 150 valence electrons. The van der Waals surface area contributed by atoms with Crippen molar-refractivity contribution in [2.24, 2.45) is 11.8 Å². The highest BCUT2D eigenvalue weighted by Crippen LogP contribution is 2.47. The zero-order valence-electron chi connectivity index (χ0n) is 15.1. The normalized spacial score (nSPS) is 22.8. The maximum Gasteiger partial charge on any atom is 0.240 e. The standard InChI is InChI=1S/C20H16F4N4O/c21-10-1-4-16(14(23)5-10)27-6-11-12(7-27)19(11)26-17(29)8-28-9-25-15-3-2-13(22)18(24)20(15)28/h1-5,9,11-12,19H,6-8H2,(H,26,29). The first kappa shape index (κ1) is 18.0. The summed E-state index contributed by atoms with van der Waals surface area (Å²) in [6, 6.07) is 5.81. The molecule has 1 aromatic heterocycles. The SMILES string of the molecule is O=C(Cn1cnc2ccc(F)c(F)c21)NC1C2CN(c3ccc(F)cc3F)CC21. The lowest BCUT2D eigenvalue weighted by atomic mass is 10.2. The van der Waals surface area contributed by atoms with E-state index in [4.69, 9.17) is 0 Å². The maximum absolute atomic E-state index is 14.0. The van der Waals surface area contributed by atoms with Crippen LogP contribution in [0.5, 0.6) is 0 Å². The van der Waals surface area contributed by atoms with Gasteiger partial charge >= 0.3 is 0 Å². The first-order valence-corrected chi connectivity index (χ1v) is 9.20. The van der Waals surface area contributed by atoms with Crippen molar-refractivity contribution in [3.63, 3.8) is 0 Å². The predicted octanol–water partition coefficient (Wildman–Crippen LogP) is 2.84. The largest absolute Gasteiger partial charge is 0.368 e. The van der Waals surface area contributed by atoms with Gasteiger partial charge in [0, 0.05) is 37.0 Å². The van der Waals surface area contributed by atoms with Crippen LogP contribution >= 0.6 is 0 Å². The molecule has 1 aliphatic heterocycles. The van der Waals surface area contributed by atoms with Crippen LogP contribution in [0.1, 0.15) is 0 Å². The van der Waals surface area contributed by atoms with Gasteiger partial charge < -0.3 is 14.8 Å². The van der Waals surface area contributed by atoms with Gasteiger partial charge in [-0.15, -0.1) is 0 Å². The lowest BCUT2D eigenvalue weighted by molar-refractivity contribution is -0.121. The molecule has 9 heteroatoms. The fourth-order valence-electron chi connectivity index (χ4n) is 4.28. The molecule has 1 N–H and O–H groups in total. The van der Waals surface area contributed by atoms with Gasteiger partial charge in [0.2, 0.25) is 5.91 Å². The molecule has 3 aromatic rings. The van der Waals surface area contributed by atoms with Gasteiger partial charge in [0.25, 0.3) is 0 Å². The number of anilines is 1. The monoisotopic (exact) mass is 404 g/mol. The molecule has 2 aliphatic rings. The third kappa shape index (κ3) is 3.01. The molecule has 1 aliphatic carbocycles. The van der Waals surface area contributed by atoms with Gasteiger partial charge in [-0.1, -0.05) is 0 Å². The lowest BCUT2D eigenvalue weighted by Gasteiger charge is -2.23. The number of fused-ring (bicyclic) bond motifs is 2. The second kappa shape index (κ2) is 6.47. The summed E-state index contributed by atoms with van der Waals surface area (Å²) in [6.07, 6.45) is 1.31. The molecule has 2 atom stereocenters. The number of carbonyl (C=O) groups excluding carboxylic acids is 1. The number of nitrogens with one attached hydrogen (secondary N) is 1. The van der Waals surface area contributed by atoms with Crippen LogP contribution < -0.4 is 10.2 Å². The van der Waals surface area contributed by atoms with E-state index in [-0.39, 0.29) is 41.4 Å². The molecule has 1 amide bonds. The quantitative estimate of drug-likeness (QED) is 0.681. The average Bonchev–Trinajstić information content (AvgIpc) is 3.02. The third-order valence-electron chi connectivity index (χ3n) is 5.76. The molecular formula is C20H16F4N4O. The van der Waals surface area contributed by atoms with E-state index in [1.54, 1.807) is 0 Å². The molecule has 0 spiro atoms. The van der Waals surface area contributed by atoms with Crippen LogP contribution in [0.4, 0.5) is 23.2 Å². The Labute approximate surface area is 162 Å². The van der Waals surface area contributed by atoms with Gasteiger partial charge in [-0.2, -0.15) is 0 Å². The van der Waals surface area contributed by atoms with E-state index < -0.39 is 23.3 Å². The molecule has 2 fully saturated rings. The second-order valence-corrected chi connectivity index (χ2v) is 7.52. The van der Waals surface area contributed by atoms with Gasteiger partial charge in [0.05, 0.1) is 17.5 Å². The summed E-state index contributed by atoms with van der Waals surface area (Å²) >= 11 is 0. The molecule has 2 aromatic carbocycles. The van der Waals surface area contributed by atoms with Crippen LogP contribution in [-0.4, -0.2) is 34.6 Å². The number of imidazole rings is 1. The summed E-state index contributed by atoms with van der Waals surface area (Å²) in [5.41, 5.74) is 0.581. The van der Waals surface area contributed by atoms with Crippen molar-refractivity contribution in [1.29, 1.82) is 0 Å². The minimum atomic E-state index is -1.03. The third-order valence-corrected chi connectivity index (χ3v) is 5.76. The summed E-state index contributed by atoms with van der Waals surface area (Å²) in [5.74, 6) is -3.23. The molecule has 0 radical (unpaired) electrons. The van der Waals surface area contributed by atoms with Crippen LogP contribution in [0.2, 0.25) is 0 Å². The van der Waals surface area contributed by atoms with E-state index in [0.717, 1.165) is 12.1 Å². The Bertz CT molecular complexity index is 1120. The molecule has 1 saturated heterocycles. The van der Waals surface area contributed by atoms with Gasteiger partial charge in [0.15, 0.2) is 11.6 Å². The number of amides is 1. The number of carbonyl (C=O) groups is 1. The Kier molecular flexibility index (Phi) is 4.01. The van der Waals surface area contributed by atoms with E-state index in [9.17, 15) is 22.4 Å². The number of hydrogen-bond donors (Lipinski definition) is 1. The topological polar surface area (TPSA) is 50.2 Å². The molecular weight excluding hydrogens is 388 g/mol. The van der Waals surface area contributed by atoms with E-state index in [0.29, 0.717) is 18.8 Å². The number of aromatic nitrogens is 2. The molecule has 29 heavy (non-hydrogen) atoms. The highest BCUT2D eigenvalue weighted by atomic mass is 19.2. The summed E-state index contributed by atoms with van der Waals surface area (Å²) in [6.45, 7) is 0.946. The number of nitrogens with zero attached hydrogens (tertiary/aromatic N) is 3. The second-order valence-electron chi connectivity index (χ2n) is 7.52. The van der Waals surface area contributed by atoms with E-state index in [1.165, 1.54) is 29.1 Å². The van der Waals surface area contributed by atoms with Crippen LogP contribution in [0.3, 0.4) is 0 Å². The fourth-order valence-corrected chi connectivity index (χ4v) is 4.28. The summed E-state index contributed by atoms with van der Waals surface area (Å²) in [7, 11) is 0. The van der Waals surface area contributed by atoms with Crippen LogP contribution in [0.25, 0.3) is 11.0 Å². The van der Waals surface area contributed by atoms with E-state index in [1.807, 2.05) is 4.90 Å². The maximum atomic E-state index is 14.0. The van der Waals surface area contributed by atoms with Crippen molar-refractivity contribution in [2.45, 2.75) is 12.6 Å². The molecule has 5 nitrogen and oxygen atoms in total. The highest BCUT2D eigenvalue weighted by molar-refractivity contribution is 5.81. The summed E-state index contributed by atoms with van der Waals surface area (Å²) in [5, 5.41) is 2.90. The Hall–Kier alpha value is -3.10. The van der Waals surface area contributed by atoms with Crippen molar-refractivity contribution in [3.8, 4) is 0 Å². The highest BCUT2D eigenvalue weighted by Gasteiger charge is 2.56. The predicted molar refractivity (Wildman–Crippen MR) is 97.1 cm³/mol. The number of piperidine rings is 1. The first-order valence-electron chi connectivity index (χ1n) is 9.20. The van der Waals surface area contributed by atoms with E-state index in [2.05, 4.69) is 10.3 Å². The number of rotatable bonds is 4. The van der Waals surface area contributed by atoms with E-state index >= 15 is 0 Å². The van der Waals surface area contributed by atoms with Crippen LogP contribution in [0, 0.1) is 35.1 Å². The molecule has 5 rings (SSSR count). The average molecular weight is 404 g/mol. The smallest absolute Gasteiger partial charge is 0.240 e. The van der Waals surface area contributed by atoms with Gasteiger partial charge in [-0.3, -0.25) is 4.79 Å². The molecule has 1 saturated carbocycles. The molecule has 2 unspecified atom stereocenters. The number of benzene rings is 2. The first-order chi connectivity index (χ1) is 13.9. The van der Waals surface area contributed by atoms with Crippen LogP contribution in [0.15, 0.2) is 36.7 Å². The van der Waals surface area contributed by atoms with Crippen molar-refractivity contribution >= 4 is 22.6 Å². The van der Waals surface area contributed by atoms with Crippen molar-refractivity contribution in [1.82, 2.24) is 14.9 Å². The molecule has 2 heterocycles. The fraction of sp³-hybridized carbons (Fsp3) is 0.300. The Morgan fingerprint density at radius 3 is 2.55 bits per heavy atom. The Morgan fingerprint density at radius 2 is 1.83 bits per heavy atom. The number of hydrogen-bond acceptors (Lipinski definition) is 3. The Morgan fingerprint density at radius 1 is 1.07 bits per heavy atom. The Balaban J connectivity index is 1.22. The minimum absolute atomic E-state index is 0.0429. The van der Waals surface area contributed by atoms with Gasteiger partial charge in [0.1, 0.15) is 23.7 Å². The lowest BCUT2D eigenvalue weighted by Crippen LogP contribution is -2.36.